The minimum absolute atomic E-state index is 0.0986. The van der Waals surface area contributed by atoms with Crippen LogP contribution in [-0.2, 0) is 9.53 Å². The standard InChI is InChI=1S/C31H62O2/c1-4-7-10-13-15-17-18-19-20-22-25-28-30(27-24-12-9-6-3)31(32)33-29-26-23-21-16-14-11-8-5-2/h30H,4-29H2,1-3H3. The Labute approximate surface area is 209 Å². The molecule has 0 aromatic carbocycles. The molecule has 198 valence electrons. The first-order valence-corrected chi connectivity index (χ1v) is 15.4. The first-order chi connectivity index (χ1) is 16.3. The largest absolute Gasteiger partial charge is 0.465 e. The van der Waals surface area contributed by atoms with Crippen LogP contribution in [0.2, 0.25) is 0 Å². The Morgan fingerprint density at radius 1 is 0.455 bits per heavy atom. The van der Waals surface area contributed by atoms with Gasteiger partial charge >= 0.3 is 5.97 Å². The van der Waals surface area contributed by atoms with Gasteiger partial charge in [0.1, 0.15) is 0 Å². The number of hydrogen-bond acceptors (Lipinski definition) is 2. The number of ether oxygens (including phenoxy) is 1. The van der Waals surface area contributed by atoms with Gasteiger partial charge in [-0.15, -0.1) is 0 Å². The summed E-state index contributed by atoms with van der Waals surface area (Å²) in [6.45, 7) is 7.44. The normalized spacial score (nSPS) is 12.2. The number of hydrogen-bond donors (Lipinski definition) is 0. The molecule has 0 spiro atoms. The molecule has 0 aromatic heterocycles. The smallest absolute Gasteiger partial charge is 0.308 e. The van der Waals surface area contributed by atoms with Crippen LogP contribution in [0.15, 0.2) is 0 Å². The second-order valence-corrected chi connectivity index (χ2v) is 10.5. The van der Waals surface area contributed by atoms with Crippen molar-refractivity contribution in [3.8, 4) is 0 Å². The predicted octanol–water partition coefficient (Wildman–Crippen LogP) is 11.0. The Kier molecular flexibility index (Phi) is 27.3. The molecule has 0 aliphatic rings. The molecule has 0 fully saturated rings. The van der Waals surface area contributed by atoms with Crippen molar-refractivity contribution in [1.82, 2.24) is 0 Å². The number of carbonyl (C=O) groups is 1. The molecule has 0 aliphatic carbocycles. The molecule has 0 saturated carbocycles. The van der Waals surface area contributed by atoms with E-state index in [-0.39, 0.29) is 11.9 Å². The summed E-state index contributed by atoms with van der Waals surface area (Å²) in [4.78, 5) is 12.7. The highest BCUT2D eigenvalue weighted by Crippen LogP contribution is 2.21. The van der Waals surface area contributed by atoms with Gasteiger partial charge in [0.25, 0.3) is 0 Å². The van der Waals surface area contributed by atoms with Gasteiger partial charge in [0, 0.05) is 0 Å². The number of rotatable bonds is 27. The Morgan fingerprint density at radius 2 is 0.758 bits per heavy atom. The summed E-state index contributed by atoms with van der Waals surface area (Å²) in [6.07, 6.45) is 32.4. The van der Waals surface area contributed by atoms with E-state index >= 15 is 0 Å². The fourth-order valence-corrected chi connectivity index (χ4v) is 4.78. The van der Waals surface area contributed by atoms with E-state index in [0.29, 0.717) is 6.61 Å². The van der Waals surface area contributed by atoms with E-state index in [1.807, 2.05) is 0 Å². The van der Waals surface area contributed by atoms with Crippen LogP contribution in [-0.4, -0.2) is 12.6 Å². The van der Waals surface area contributed by atoms with Gasteiger partial charge in [0.15, 0.2) is 0 Å². The molecule has 0 N–H and O–H groups in total. The van der Waals surface area contributed by atoms with Gasteiger partial charge in [-0.25, -0.2) is 0 Å². The fraction of sp³-hybridized carbons (Fsp3) is 0.968. The molecule has 0 aromatic rings. The first-order valence-electron chi connectivity index (χ1n) is 15.4. The van der Waals surface area contributed by atoms with E-state index in [4.69, 9.17) is 4.74 Å². The van der Waals surface area contributed by atoms with Crippen LogP contribution in [0.3, 0.4) is 0 Å². The fourth-order valence-electron chi connectivity index (χ4n) is 4.78. The highest BCUT2D eigenvalue weighted by molar-refractivity contribution is 5.72. The van der Waals surface area contributed by atoms with Gasteiger partial charge in [-0.2, -0.15) is 0 Å². The zero-order valence-corrected chi connectivity index (χ0v) is 23.3. The summed E-state index contributed by atoms with van der Waals surface area (Å²) < 4.78 is 5.72. The van der Waals surface area contributed by atoms with E-state index in [1.165, 1.54) is 141 Å². The van der Waals surface area contributed by atoms with Crippen LogP contribution < -0.4 is 0 Å². The Hall–Kier alpha value is -0.530. The highest BCUT2D eigenvalue weighted by Gasteiger charge is 2.19. The maximum Gasteiger partial charge on any atom is 0.308 e. The zero-order valence-electron chi connectivity index (χ0n) is 23.3. The molecular formula is C31H62O2. The molecule has 1 unspecified atom stereocenters. The summed E-state index contributed by atoms with van der Waals surface area (Å²) in [7, 11) is 0. The quantitative estimate of drug-likeness (QED) is 0.0888. The van der Waals surface area contributed by atoms with Gasteiger partial charge in [0.05, 0.1) is 12.5 Å². The zero-order chi connectivity index (χ0) is 24.2. The van der Waals surface area contributed by atoms with E-state index in [9.17, 15) is 4.79 Å². The molecule has 2 nitrogen and oxygen atoms in total. The third kappa shape index (κ3) is 24.4. The summed E-state index contributed by atoms with van der Waals surface area (Å²) in [6, 6.07) is 0. The van der Waals surface area contributed by atoms with Gasteiger partial charge in [-0.1, -0.05) is 162 Å². The first kappa shape index (κ1) is 32.5. The third-order valence-electron chi connectivity index (χ3n) is 7.14. The summed E-state index contributed by atoms with van der Waals surface area (Å²) >= 11 is 0. The minimum atomic E-state index is 0.0986. The molecule has 0 rings (SSSR count). The summed E-state index contributed by atoms with van der Waals surface area (Å²) in [5.74, 6) is 0.246. The molecule has 0 aliphatic heterocycles. The van der Waals surface area contributed by atoms with Gasteiger partial charge in [-0.3, -0.25) is 4.79 Å². The van der Waals surface area contributed by atoms with Crippen molar-refractivity contribution >= 4 is 5.97 Å². The van der Waals surface area contributed by atoms with Gasteiger partial charge < -0.3 is 4.74 Å². The molecule has 0 amide bonds. The van der Waals surface area contributed by atoms with Crippen LogP contribution in [0.4, 0.5) is 0 Å². The second kappa shape index (κ2) is 27.7. The summed E-state index contributed by atoms with van der Waals surface area (Å²) in [5.41, 5.74) is 0. The molecule has 0 heterocycles. The monoisotopic (exact) mass is 466 g/mol. The van der Waals surface area contributed by atoms with Crippen LogP contribution in [0, 0.1) is 5.92 Å². The average Bonchev–Trinajstić information content (AvgIpc) is 2.82. The van der Waals surface area contributed by atoms with Gasteiger partial charge in [-0.05, 0) is 19.3 Å². The molecule has 0 radical (unpaired) electrons. The highest BCUT2D eigenvalue weighted by atomic mass is 16.5. The van der Waals surface area contributed by atoms with Crippen LogP contribution in [0.5, 0.6) is 0 Å². The molecule has 33 heavy (non-hydrogen) atoms. The maximum absolute atomic E-state index is 12.7. The van der Waals surface area contributed by atoms with E-state index in [1.54, 1.807) is 0 Å². The predicted molar refractivity (Wildman–Crippen MR) is 147 cm³/mol. The van der Waals surface area contributed by atoms with E-state index in [2.05, 4.69) is 20.8 Å². The Morgan fingerprint density at radius 3 is 1.15 bits per heavy atom. The van der Waals surface area contributed by atoms with Crippen molar-refractivity contribution in [3.63, 3.8) is 0 Å². The SMILES string of the molecule is CCCCCCCCCCCCCC(CCCCCC)C(=O)OCCCCCCCCCC. The van der Waals surface area contributed by atoms with E-state index < -0.39 is 0 Å². The molecule has 0 saturated heterocycles. The summed E-state index contributed by atoms with van der Waals surface area (Å²) in [5, 5.41) is 0. The third-order valence-corrected chi connectivity index (χ3v) is 7.14. The van der Waals surface area contributed by atoms with Crippen molar-refractivity contribution in [2.45, 2.75) is 181 Å². The van der Waals surface area contributed by atoms with Crippen molar-refractivity contribution < 1.29 is 9.53 Å². The van der Waals surface area contributed by atoms with E-state index in [0.717, 1.165) is 19.3 Å². The van der Waals surface area contributed by atoms with Crippen molar-refractivity contribution in [3.05, 3.63) is 0 Å². The second-order valence-electron chi connectivity index (χ2n) is 10.5. The average molecular weight is 467 g/mol. The molecular weight excluding hydrogens is 404 g/mol. The van der Waals surface area contributed by atoms with Crippen LogP contribution in [0.1, 0.15) is 181 Å². The van der Waals surface area contributed by atoms with Crippen LogP contribution >= 0.6 is 0 Å². The number of unbranched alkanes of at least 4 members (excludes halogenated alkanes) is 20. The lowest BCUT2D eigenvalue weighted by molar-refractivity contribution is -0.149. The number of carbonyl (C=O) groups excluding carboxylic acids is 1. The van der Waals surface area contributed by atoms with Crippen molar-refractivity contribution in [2.24, 2.45) is 5.92 Å². The van der Waals surface area contributed by atoms with Crippen molar-refractivity contribution in [2.75, 3.05) is 6.61 Å². The Balaban J connectivity index is 3.87. The lowest BCUT2D eigenvalue weighted by Gasteiger charge is -2.16. The van der Waals surface area contributed by atoms with Crippen molar-refractivity contribution in [1.29, 1.82) is 0 Å². The minimum Gasteiger partial charge on any atom is -0.465 e. The maximum atomic E-state index is 12.7. The topological polar surface area (TPSA) is 26.3 Å². The van der Waals surface area contributed by atoms with Crippen LogP contribution in [0.25, 0.3) is 0 Å². The lowest BCUT2D eigenvalue weighted by Crippen LogP contribution is -2.18. The number of esters is 1. The molecule has 1 atom stereocenters. The molecule has 2 heteroatoms. The Bertz CT molecular complexity index is 379. The molecule has 0 bridgehead atoms. The van der Waals surface area contributed by atoms with Gasteiger partial charge in [0.2, 0.25) is 0 Å². The lowest BCUT2D eigenvalue weighted by atomic mass is 9.94.